The Morgan fingerprint density at radius 3 is 1.56 bits per heavy atom. The van der Waals surface area contributed by atoms with Crippen LogP contribution in [0.1, 0.15) is 0 Å². The Bertz CT molecular complexity index is 4210. The van der Waals surface area contributed by atoms with Gasteiger partial charge in [0.2, 0.25) is 0 Å². The van der Waals surface area contributed by atoms with Crippen LogP contribution in [0, 0.1) is 0 Å². The van der Waals surface area contributed by atoms with Crippen LogP contribution in [-0.4, -0.2) is 4.57 Å². The summed E-state index contributed by atoms with van der Waals surface area (Å²) in [5.41, 5.74) is 16.6. The molecule has 14 aromatic rings. The highest BCUT2D eigenvalue weighted by molar-refractivity contribution is 6.13. The van der Waals surface area contributed by atoms with Crippen molar-refractivity contribution in [2.24, 2.45) is 0 Å². The van der Waals surface area contributed by atoms with Crippen LogP contribution in [0.3, 0.4) is 0 Å². The molecule has 0 spiro atoms. The predicted molar refractivity (Wildman–Crippen MR) is 284 cm³/mol. The number of para-hydroxylation sites is 5. The van der Waals surface area contributed by atoms with Crippen molar-refractivity contribution in [1.29, 1.82) is 0 Å². The van der Waals surface area contributed by atoms with Gasteiger partial charge in [-0.1, -0.05) is 170 Å². The Morgan fingerprint density at radius 2 is 0.824 bits per heavy atom. The Balaban J connectivity index is 0.966. The number of nitrogens with zero attached hydrogens (tertiary/aromatic N) is 2. The summed E-state index contributed by atoms with van der Waals surface area (Å²) in [6.45, 7) is 0. The molecule has 14 rings (SSSR count). The van der Waals surface area contributed by atoms with Crippen molar-refractivity contribution in [3.63, 3.8) is 0 Å². The molecule has 0 amide bonds. The minimum Gasteiger partial charge on any atom is -0.455 e. The summed E-state index contributed by atoms with van der Waals surface area (Å²) in [5, 5.41) is 9.30. The van der Waals surface area contributed by atoms with Crippen LogP contribution in [0.5, 0.6) is 0 Å². The van der Waals surface area contributed by atoms with E-state index in [9.17, 15) is 0 Å². The maximum atomic E-state index is 6.81. The normalized spacial score (nSPS) is 11.8. The first-order chi connectivity index (χ1) is 33.7. The molecule has 0 N–H and O–H groups in total. The van der Waals surface area contributed by atoms with Crippen LogP contribution < -0.4 is 4.90 Å². The van der Waals surface area contributed by atoms with E-state index in [1.807, 2.05) is 18.2 Å². The maximum Gasteiger partial charge on any atom is 0.143 e. The number of hydrogen-bond donors (Lipinski definition) is 0. The van der Waals surface area contributed by atoms with Crippen LogP contribution >= 0.6 is 0 Å². The zero-order chi connectivity index (χ0) is 44.7. The number of benzene rings is 11. The maximum absolute atomic E-state index is 6.81. The largest absolute Gasteiger partial charge is 0.455 e. The third-order valence-corrected chi connectivity index (χ3v) is 13.8. The third-order valence-electron chi connectivity index (χ3n) is 13.8. The standard InChI is InChI=1S/C64H40N2O2/c1-2-18-49-41(14-1)15-12-23-50(49)42-30-34-45(35-31-42)65(47-17-11-16-44(38-47)51-24-13-25-56-54-21-5-9-28-61(54)67-63(51)56)48-39-57(64-58(40-48)55-22-6-10-29-62(55)68-64)43-32-36-46(37-33-43)66-59-26-7-3-19-52(59)53-20-4-8-27-60(53)66/h1-40H. The number of rotatable bonds is 7. The zero-order valence-electron chi connectivity index (χ0n) is 36.8. The van der Waals surface area contributed by atoms with E-state index in [-0.39, 0.29) is 0 Å². The molecular weight excluding hydrogens is 829 g/mol. The number of furan rings is 2. The van der Waals surface area contributed by atoms with Crippen LogP contribution in [0.2, 0.25) is 0 Å². The van der Waals surface area contributed by atoms with E-state index < -0.39 is 0 Å². The molecule has 68 heavy (non-hydrogen) atoms. The van der Waals surface area contributed by atoms with E-state index in [0.29, 0.717) is 0 Å². The van der Waals surface area contributed by atoms with Crippen LogP contribution in [0.25, 0.3) is 116 Å². The van der Waals surface area contributed by atoms with Gasteiger partial charge in [-0.25, -0.2) is 0 Å². The smallest absolute Gasteiger partial charge is 0.143 e. The third kappa shape index (κ3) is 6.01. The summed E-state index contributed by atoms with van der Waals surface area (Å²) >= 11 is 0. The van der Waals surface area contributed by atoms with Gasteiger partial charge in [0.25, 0.3) is 0 Å². The molecule has 0 aliphatic carbocycles. The van der Waals surface area contributed by atoms with Crippen molar-refractivity contribution in [1.82, 2.24) is 4.57 Å². The number of aromatic nitrogens is 1. The predicted octanol–water partition coefficient (Wildman–Crippen LogP) is 18.2. The highest BCUT2D eigenvalue weighted by atomic mass is 16.3. The molecule has 0 bridgehead atoms. The van der Waals surface area contributed by atoms with Crippen molar-refractivity contribution in [3.05, 3.63) is 243 Å². The van der Waals surface area contributed by atoms with Gasteiger partial charge < -0.3 is 18.3 Å². The van der Waals surface area contributed by atoms with Gasteiger partial charge in [0, 0.05) is 66.2 Å². The molecule has 4 nitrogen and oxygen atoms in total. The molecular formula is C64H40N2O2. The Hall–Kier alpha value is -9.12. The monoisotopic (exact) mass is 868 g/mol. The highest BCUT2D eigenvalue weighted by Gasteiger charge is 2.22. The summed E-state index contributed by atoms with van der Waals surface area (Å²) in [4.78, 5) is 2.38. The molecule has 0 saturated carbocycles. The fraction of sp³-hybridized carbons (Fsp3) is 0. The lowest BCUT2D eigenvalue weighted by Gasteiger charge is -2.27. The van der Waals surface area contributed by atoms with Crippen LogP contribution in [0.15, 0.2) is 251 Å². The van der Waals surface area contributed by atoms with E-state index in [1.165, 1.54) is 38.1 Å². The first-order valence-electron chi connectivity index (χ1n) is 23.2. The lowest BCUT2D eigenvalue weighted by molar-refractivity contribution is 0.669. The molecule has 4 heteroatoms. The fourth-order valence-corrected chi connectivity index (χ4v) is 10.6. The van der Waals surface area contributed by atoms with E-state index >= 15 is 0 Å². The van der Waals surface area contributed by atoms with Gasteiger partial charge in [-0.2, -0.15) is 0 Å². The number of hydrogen-bond acceptors (Lipinski definition) is 3. The molecule has 318 valence electrons. The summed E-state index contributed by atoms with van der Waals surface area (Å²) in [5.74, 6) is 0. The van der Waals surface area contributed by atoms with Gasteiger partial charge in [0.15, 0.2) is 0 Å². The topological polar surface area (TPSA) is 34.5 Å². The van der Waals surface area contributed by atoms with Gasteiger partial charge >= 0.3 is 0 Å². The lowest BCUT2D eigenvalue weighted by Crippen LogP contribution is -2.10. The van der Waals surface area contributed by atoms with Gasteiger partial charge in [-0.15, -0.1) is 0 Å². The average Bonchev–Trinajstić information content (AvgIpc) is 4.09. The SMILES string of the molecule is c1cc(-c2cccc3c2oc2ccccc23)cc(N(c2ccc(-c3cccc4ccccc34)cc2)c2cc(-c3ccc(-n4c5ccccc5c5ccccc54)cc3)c3oc4ccccc4c3c2)c1. The van der Waals surface area contributed by atoms with E-state index in [0.717, 1.165) is 94.4 Å². The molecule has 0 aliphatic rings. The van der Waals surface area contributed by atoms with E-state index in [4.69, 9.17) is 8.83 Å². The molecule has 0 saturated heterocycles. The summed E-state index contributed by atoms with van der Waals surface area (Å²) in [6.07, 6.45) is 0. The Morgan fingerprint density at radius 1 is 0.294 bits per heavy atom. The molecule has 0 fully saturated rings. The average molecular weight is 869 g/mol. The quantitative estimate of drug-likeness (QED) is 0.160. The second-order valence-corrected chi connectivity index (χ2v) is 17.6. The Kier molecular flexibility index (Phi) is 8.55. The summed E-state index contributed by atoms with van der Waals surface area (Å²) in [6, 6.07) is 87.0. The Labute approximate surface area is 391 Å². The second-order valence-electron chi connectivity index (χ2n) is 17.6. The van der Waals surface area contributed by atoms with Gasteiger partial charge in [0.05, 0.1) is 11.0 Å². The lowest BCUT2D eigenvalue weighted by atomic mass is 9.97. The van der Waals surface area contributed by atoms with Crippen molar-refractivity contribution < 1.29 is 8.83 Å². The molecule has 0 atom stereocenters. The second kappa shape index (κ2) is 15.2. The van der Waals surface area contributed by atoms with Gasteiger partial charge in [-0.05, 0) is 106 Å². The first kappa shape index (κ1) is 38.2. The summed E-state index contributed by atoms with van der Waals surface area (Å²) < 4.78 is 15.8. The summed E-state index contributed by atoms with van der Waals surface area (Å²) in [7, 11) is 0. The van der Waals surface area contributed by atoms with Crippen molar-refractivity contribution in [2.75, 3.05) is 4.90 Å². The van der Waals surface area contributed by atoms with Crippen molar-refractivity contribution >= 4 is 93.5 Å². The molecule has 0 radical (unpaired) electrons. The molecule has 11 aromatic carbocycles. The molecule has 0 aliphatic heterocycles. The molecule has 3 aromatic heterocycles. The molecule has 0 unspecified atom stereocenters. The van der Waals surface area contributed by atoms with Gasteiger partial charge in [-0.3, -0.25) is 0 Å². The highest BCUT2D eigenvalue weighted by Crippen LogP contribution is 2.46. The first-order valence-corrected chi connectivity index (χ1v) is 23.2. The molecule has 3 heterocycles. The van der Waals surface area contributed by atoms with Crippen molar-refractivity contribution in [3.8, 4) is 39.1 Å². The van der Waals surface area contributed by atoms with E-state index in [1.54, 1.807) is 0 Å². The minimum atomic E-state index is 0.856. The van der Waals surface area contributed by atoms with Gasteiger partial charge in [0.1, 0.15) is 22.3 Å². The number of anilines is 3. The number of fused-ring (bicyclic) bond motifs is 10. The van der Waals surface area contributed by atoms with E-state index in [2.05, 4.69) is 234 Å². The fourth-order valence-electron chi connectivity index (χ4n) is 10.6. The minimum absolute atomic E-state index is 0.856. The van der Waals surface area contributed by atoms with Crippen molar-refractivity contribution in [2.45, 2.75) is 0 Å². The van der Waals surface area contributed by atoms with Crippen LogP contribution in [0.4, 0.5) is 17.1 Å². The van der Waals surface area contributed by atoms with Crippen LogP contribution in [-0.2, 0) is 0 Å². The zero-order valence-corrected chi connectivity index (χ0v) is 36.8.